The van der Waals surface area contributed by atoms with Crippen LogP contribution < -0.4 is 4.72 Å². The van der Waals surface area contributed by atoms with Crippen molar-refractivity contribution in [1.82, 2.24) is 9.03 Å². The molecule has 0 aromatic heterocycles. The third-order valence-electron chi connectivity index (χ3n) is 2.69. The summed E-state index contributed by atoms with van der Waals surface area (Å²) in [5.74, 6) is 0.261. The van der Waals surface area contributed by atoms with Crippen molar-refractivity contribution in [3.05, 3.63) is 0 Å². The first-order chi connectivity index (χ1) is 6.84. The van der Waals surface area contributed by atoms with Crippen LogP contribution in [0.5, 0.6) is 0 Å². The zero-order chi connectivity index (χ0) is 11.6. The van der Waals surface area contributed by atoms with Gasteiger partial charge in [0, 0.05) is 13.6 Å². The SMILES string of the molecule is CC(C)OCC1[C@H](C)CNS(=O)(=O)N1C. The average Bonchev–Trinajstić information content (AvgIpc) is 2.12. The largest absolute Gasteiger partial charge is 0.377 e. The Morgan fingerprint density at radius 1 is 1.53 bits per heavy atom. The van der Waals surface area contributed by atoms with Gasteiger partial charge in [0.1, 0.15) is 0 Å². The Hall–Kier alpha value is -0.170. The first kappa shape index (κ1) is 12.9. The topological polar surface area (TPSA) is 58.6 Å². The van der Waals surface area contributed by atoms with Crippen molar-refractivity contribution in [2.75, 3.05) is 20.2 Å². The van der Waals surface area contributed by atoms with E-state index in [4.69, 9.17) is 4.74 Å². The van der Waals surface area contributed by atoms with Crippen LogP contribution in [0.2, 0.25) is 0 Å². The van der Waals surface area contributed by atoms with Crippen LogP contribution in [-0.2, 0) is 14.9 Å². The minimum Gasteiger partial charge on any atom is -0.377 e. The number of ether oxygens (including phenoxy) is 1. The van der Waals surface area contributed by atoms with Crippen LogP contribution in [0, 0.1) is 5.92 Å². The van der Waals surface area contributed by atoms with Gasteiger partial charge in [-0.05, 0) is 19.8 Å². The van der Waals surface area contributed by atoms with Gasteiger partial charge in [-0.1, -0.05) is 6.92 Å². The maximum absolute atomic E-state index is 11.5. The van der Waals surface area contributed by atoms with Gasteiger partial charge in [0.2, 0.25) is 0 Å². The molecule has 5 nitrogen and oxygen atoms in total. The molecule has 1 N–H and O–H groups in total. The molecule has 0 saturated carbocycles. The standard InChI is InChI=1S/C9H20N2O3S/c1-7(2)14-6-9-8(3)5-10-15(12,13)11(9)4/h7-10H,5-6H2,1-4H3/t8-,9?/m1/s1. The quantitative estimate of drug-likeness (QED) is 0.761. The number of nitrogens with zero attached hydrogens (tertiary/aromatic N) is 1. The monoisotopic (exact) mass is 236 g/mol. The lowest BCUT2D eigenvalue weighted by Crippen LogP contribution is -2.56. The summed E-state index contributed by atoms with van der Waals surface area (Å²) in [5, 5.41) is 0. The van der Waals surface area contributed by atoms with E-state index in [-0.39, 0.29) is 18.1 Å². The van der Waals surface area contributed by atoms with Gasteiger partial charge in [-0.3, -0.25) is 0 Å². The molecule has 1 fully saturated rings. The van der Waals surface area contributed by atoms with Crippen LogP contribution in [-0.4, -0.2) is 45.1 Å². The Balaban J connectivity index is 2.67. The number of hydrogen-bond donors (Lipinski definition) is 1. The number of hydrogen-bond acceptors (Lipinski definition) is 3. The molecule has 0 spiro atoms. The fourth-order valence-electron chi connectivity index (χ4n) is 1.57. The highest BCUT2D eigenvalue weighted by Crippen LogP contribution is 2.18. The second-order valence-electron chi connectivity index (χ2n) is 4.30. The highest BCUT2D eigenvalue weighted by molar-refractivity contribution is 7.87. The second-order valence-corrected chi connectivity index (χ2v) is 6.11. The molecule has 1 heterocycles. The van der Waals surface area contributed by atoms with E-state index in [9.17, 15) is 8.42 Å². The number of likely N-dealkylation sites (N-methyl/N-ethyl adjacent to an activating group) is 1. The van der Waals surface area contributed by atoms with E-state index in [1.165, 1.54) is 4.31 Å². The van der Waals surface area contributed by atoms with Gasteiger partial charge in [-0.15, -0.1) is 0 Å². The fraction of sp³-hybridized carbons (Fsp3) is 1.00. The van der Waals surface area contributed by atoms with Crippen LogP contribution in [0.25, 0.3) is 0 Å². The molecular weight excluding hydrogens is 216 g/mol. The normalized spacial score (nSPS) is 32.1. The van der Waals surface area contributed by atoms with Crippen LogP contribution >= 0.6 is 0 Å². The van der Waals surface area contributed by atoms with E-state index >= 15 is 0 Å². The molecule has 2 atom stereocenters. The zero-order valence-corrected chi connectivity index (χ0v) is 10.5. The fourth-order valence-corrected chi connectivity index (χ4v) is 2.87. The molecule has 0 aromatic carbocycles. The predicted octanol–water partition coefficient (Wildman–Crippen LogP) is 0.196. The molecule has 0 aromatic rings. The van der Waals surface area contributed by atoms with E-state index in [0.29, 0.717) is 13.2 Å². The Morgan fingerprint density at radius 2 is 2.13 bits per heavy atom. The molecular formula is C9H20N2O3S. The third kappa shape index (κ3) is 3.14. The summed E-state index contributed by atoms with van der Waals surface area (Å²) < 4.78 is 32.4. The highest BCUT2D eigenvalue weighted by Gasteiger charge is 2.35. The Kier molecular flexibility index (Phi) is 4.11. The maximum Gasteiger partial charge on any atom is 0.279 e. The van der Waals surface area contributed by atoms with Gasteiger partial charge in [-0.2, -0.15) is 12.7 Å². The molecule has 1 aliphatic heterocycles. The summed E-state index contributed by atoms with van der Waals surface area (Å²) >= 11 is 0. The van der Waals surface area contributed by atoms with E-state index in [2.05, 4.69) is 4.72 Å². The summed E-state index contributed by atoms with van der Waals surface area (Å²) in [4.78, 5) is 0. The molecule has 90 valence electrons. The lowest BCUT2D eigenvalue weighted by atomic mass is 10.0. The summed E-state index contributed by atoms with van der Waals surface area (Å²) in [5.41, 5.74) is 0. The Morgan fingerprint density at radius 3 is 2.67 bits per heavy atom. The van der Waals surface area contributed by atoms with Gasteiger partial charge in [0.05, 0.1) is 18.8 Å². The zero-order valence-electron chi connectivity index (χ0n) is 9.73. The summed E-state index contributed by atoms with van der Waals surface area (Å²) in [6, 6.07) is -0.0707. The molecule has 1 aliphatic rings. The molecule has 1 saturated heterocycles. The smallest absolute Gasteiger partial charge is 0.279 e. The first-order valence-corrected chi connectivity index (χ1v) is 6.63. The molecule has 6 heteroatoms. The van der Waals surface area contributed by atoms with Crippen LogP contribution in [0.15, 0.2) is 0 Å². The minimum atomic E-state index is -3.29. The average molecular weight is 236 g/mol. The lowest BCUT2D eigenvalue weighted by molar-refractivity contribution is 0.0314. The van der Waals surface area contributed by atoms with Crippen molar-refractivity contribution >= 4 is 10.2 Å². The van der Waals surface area contributed by atoms with Crippen molar-refractivity contribution in [2.45, 2.75) is 32.9 Å². The molecule has 0 aliphatic carbocycles. The highest BCUT2D eigenvalue weighted by atomic mass is 32.2. The van der Waals surface area contributed by atoms with Crippen molar-refractivity contribution in [3.63, 3.8) is 0 Å². The summed E-state index contributed by atoms with van der Waals surface area (Å²) in [6.07, 6.45) is 0.128. The Bertz CT molecular complexity index is 302. The van der Waals surface area contributed by atoms with E-state index in [1.54, 1.807) is 7.05 Å². The minimum absolute atomic E-state index is 0.0707. The van der Waals surface area contributed by atoms with Gasteiger partial charge >= 0.3 is 0 Å². The maximum atomic E-state index is 11.5. The first-order valence-electron chi connectivity index (χ1n) is 5.19. The van der Waals surface area contributed by atoms with Crippen molar-refractivity contribution in [3.8, 4) is 0 Å². The van der Waals surface area contributed by atoms with E-state index < -0.39 is 10.2 Å². The molecule has 0 amide bonds. The predicted molar refractivity (Wildman–Crippen MR) is 58.7 cm³/mol. The van der Waals surface area contributed by atoms with Gasteiger partial charge < -0.3 is 4.74 Å². The number of nitrogens with one attached hydrogen (secondary N) is 1. The van der Waals surface area contributed by atoms with E-state index in [0.717, 1.165) is 0 Å². The third-order valence-corrected chi connectivity index (χ3v) is 4.25. The van der Waals surface area contributed by atoms with Gasteiger partial charge in [-0.25, -0.2) is 4.72 Å². The Labute approximate surface area is 92.0 Å². The molecule has 0 radical (unpaired) electrons. The molecule has 1 rings (SSSR count). The van der Waals surface area contributed by atoms with Crippen molar-refractivity contribution in [2.24, 2.45) is 5.92 Å². The van der Waals surface area contributed by atoms with Crippen molar-refractivity contribution in [1.29, 1.82) is 0 Å². The molecule has 15 heavy (non-hydrogen) atoms. The van der Waals surface area contributed by atoms with E-state index in [1.807, 2.05) is 20.8 Å². The van der Waals surface area contributed by atoms with Crippen LogP contribution in [0.1, 0.15) is 20.8 Å². The van der Waals surface area contributed by atoms with Gasteiger partial charge in [0.15, 0.2) is 0 Å². The van der Waals surface area contributed by atoms with Gasteiger partial charge in [0.25, 0.3) is 10.2 Å². The second kappa shape index (κ2) is 4.78. The molecule has 0 bridgehead atoms. The van der Waals surface area contributed by atoms with Crippen LogP contribution in [0.3, 0.4) is 0 Å². The lowest BCUT2D eigenvalue weighted by Gasteiger charge is -2.37. The summed E-state index contributed by atoms with van der Waals surface area (Å²) in [7, 11) is -1.70. The number of rotatable bonds is 3. The molecule has 1 unspecified atom stereocenters. The summed E-state index contributed by atoms with van der Waals surface area (Å²) in [6.45, 7) is 6.85. The van der Waals surface area contributed by atoms with Crippen molar-refractivity contribution < 1.29 is 13.2 Å². The van der Waals surface area contributed by atoms with Crippen LogP contribution in [0.4, 0.5) is 0 Å².